The second kappa shape index (κ2) is 9.47. The molecule has 156 valence electrons. The van der Waals surface area contributed by atoms with E-state index < -0.39 is 6.10 Å². The molecule has 0 spiro atoms. The standard InChI is InChI=1S/C23H36N2O3/c1-27-23-5-3-2-4-22(23)25-11-9-24(10-12-25)16-21(26)17-28-13-8-20-15-18-6-7-19(20)14-18/h2-5,18-21,26H,6-17H2,1H3/t18-,19-,20-,21+/m1/s1. The summed E-state index contributed by atoms with van der Waals surface area (Å²) in [6.45, 7) is 5.81. The van der Waals surface area contributed by atoms with Gasteiger partial charge in [0.05, 0.1) is 25.5 Å². The Balaban J connectivity index is 1.12. The second-order valence-electron chi connectivity index (χ2n) is 8.91. The highest BCUT2D eigenvalue weighted by atomic mass is 16.5. The molecule has 0 radical (unpaired) electrons. The van der Waals surface area contributed by atoms with Gasteiger partial charge in [-0.2, -0.15) is 0 Å². The molecular weight excluding hydrogens is 352 g/mol. The first-order valence-electron chi connectivity index (χ1n) is 11.1. The zero-order valence-corrected chi connectivity index (χ0v) is 17.3. The third-order valence-electron chi connectivity index (χ3n) is 7.09. The van der Waals surface area contributed by atoms with Gasteiger partial charge in [0.15, 0.2) is 0 Å². The molecule has 4 atom stereocenters. The molecule has 1 aromatic carbocycles. The van der Waals surface area contributed by atoms with Gasteiger partial charge in [0.1, 0.15) is 5.75 Å². The third kappa shape index (κ3) is 4.81. The van der Waals surface area contributed by atoms with Crippen LogP contribution >= 0.6 is 0 Å². The molecule has 1 aliphatic heterocycles. The molecule has 0 amide bonds. The largest absolute Gasteiger partial charge is 0.495 e. The van der Waals surface area contributed by atoms with E-state index in [0.29, 0.717) is 13.2 Å². The summed E-state index contributed by atoms with van der Waals surface area (Å²) in [5.41, 5.74) is 1.16. The first-order valence-corrected chi connectivity index (χ1v) is 11.1. The number of benzene rings is 1. The number of aliphatic hydroxyl groups is 1. The molecule has 1 aromatic rings. The van der Waals surface area contributed by atoms with Gasteiger partial charge < -0.3 is 19.5 Å². The molecule has 28 heavy (non-hydrogen) atoms. The van der Waals surface area contributed by atoms with E-state index in [4.69, 9.17) is 9.47 Å². The van der Waals surface area contributed by atoms with Gasteiger partial charge >= 0.3 is 0 Å². The van der Waals surface area contributed by atoms with Crippen LogP contribution in [0.2, 0.25) is 0 Å². The highest BCUT2D eigenvalue weighted by Crippen LogP contribution is 2.49. The van der Waals surface area contributed by atoms with Crippen LogP contribution in [0.4, 0.5) is 5.69 Å². The first kappa shape index (κ1) is 20.0. The zero-order chi connectivity index (χ0) is 19.3. The van der Waals surface area contributed by atoms with E-state index in [2.05, 4.69) is 21.9 Å². The topological polar surface area (TPSA) is 45.2 Å². The van der Waals surface area contributed by atoms with Crippen molar-refractivity contribution in [2.24, 2.45) is 17.8 Å². The van der Waals surface area contributed by atoms with Crippen molar-refractivity contribution in [2.75, 3.05) is 57.9 Å². The SMILES string of the molecule is COc1ccccc1N1CCN(C[C@H](O)COCC[C@@H]2C[C@@H]3CC[C@@H]2C3)CC1. The molecule has 5 nitrogen and oxygen atoms in total. The third-order valence-corrected chi connectivity index (χ3v) is 7.09. The monoisotopic (exact) mass is 388 g/mol. The Hall–Kier alpha value is -1.30. The summed E-state index contributed by atoms with van der Waals surface area (Å²) in [5.74, 6) is 3.80. The number of nitrogens with zero attached hydrogens (tertiary/aromatic N) is 2. The number of rotatable bonds is 9. The summed E-state index contributed by atoms with van der Waals surface area (Å²) < 4.78 is 11.3. The van der Waals surface area contributed by atoms with Crippen LogP contribution in [0.3, 0.4) is 0 Å². The average molecular weight is 389 g/mol. The van der Waals surface area contributed by atoms with Gasteiger partial charge in [-0.3, -0.25) is 4.90 Å². The summed E-state index contributed by atoms with van der Waals surface area (Å²) in [4.78, 5) is 4.71. The van der Waals surface area contributed by atoms with Crippen LogP contribution in [0.1, 0.15) is 32.1 Å². The summed E-state index contributed by atoms with van der Waals surface area (Å²) in [6, 6.07) is 8.20. The predicted molar refractivity (Wildman–Crippen MR) is 112 cm³/mol. The number of piperazine rings is 1. The maximum atomic E-state index is 10.4. The van der Waals surface area contributed by atoms with E-state index in [1.54, 1.807) is 7.11 Å². The maximum Gasteiger partial charge on any atom is 0.142 e. The Morgan fingerprint density at radius 1 is 1.11 bits per heavy atom. The van der Waals surface area contributed by atoms with Crippen molar-refractivity contribution in [3.63, 3.8) is 0 Å². The number of fused-ring (bicyclic) bond motifs is 2. The smallest absolute Gasteiger partial charge is 0.142 e. The fourth-order valence-electron chi connectivity index (χ4n) is 5.60. The molecule has 5 heteroatoms. The molecule has 4 rings (SSSR count). The highest BCUT2D eigenvalue weighted by molar-refractivity contribution is 5.58. The number of ether oxygens (including phenoxy) is 2. The van der Waals surface area contributed by atoms with E-state index in [-0.39, 0.29) is 0 Å². The lowest BCUT2D eigenvalue weighted by atomic mass is 9.87. The quantitative estimate of drug-likeness (QED) is 0.659. The van der Waals surface area contributed by atoms with Crippen LogP contribution in [-0.2, 0) is 4.74 Å². The van der Waals surface area contributed by atoms with E-state index in [1.165, 1.54) is 32.1 Å². The molecule has 0 aromatic heterocycles. The van der Waals surface area contributed by atoms with Crippen LogP contribution < -0.4 is 9.64 Å². The average Bonchev–Trinajstić information content (AvgIpc) is 3.35. The van der Waals surface area contributed by atoms with Crippen molar-refractivity contribution in [1.82, 2.24) is 4.90 Å². The van der Waals surface area contributed by atoms with E-state index in [0.717, 1.165) is 62.0 Å². The van der Waals surface area contributed by atoms with Crippen molar-refractivity contribution in [2.45, 2.75) is 38.2 Å². The molecule has 2 bridgehead atoms. The molecule has 3 aliphatic rings. The van der Waals surface area contributed by atoms with Gasteiger partial charge in [-0.15, -0.1) is 0 Å². The second-order valence-corrected chi connectivity index (χ2v) is 8.91. The molecule has 1 heterocycles. The summed E-state index contributed by atoms with van der Waals surface area (Å²) in [7, 11) is 1.72. The van der Waals surface area contributed by atoms with Gasteiger partial charge in [-0.25, -0.2) is 0 Å². The fraction of sp³-hybridized carbons (Fsp3) is 0.739. The Kier molecular flexibility index (Phi) is 6.76. The summed E-state index contributed by atoms with van der Waals surface area (Å²) >= 11 is 0. The molecule has 2 saturated carbocycles. The van der Waals surface area contributed by atoms with E-state index >= 15 is 0 Å². The summed E-state index contributed by atoms with van der Waals surface area (Å²) in [6.07, 6.45) is 6.59. The van der Waals surface area contributed by atoms with Crippen LogP contribution in [0.15, 0.2) is 24.3 Å². The zero-order valence-electron chi connectivity index (χ0n) is 17.3. The highest BCUT2D eigenvalue weighted by Gasteiger charge is 2.38. The van der Waals surface area contributed by atoms with E-state index in [1.807, 2.05) is 12.1 Å². The molecule has 1 saturated heterocycles. The number of hydrogen-bond donors (Lipinski definition) is 1. The number of β-amino-alcohol motifs (C(OH)–C–C–N with tert-alkyl or cyclic N) is 1. The van der Waals surface area contributed by atoms with Crippen LogP contribution in [0.5, 0.6) is 5.75 Å². The Bertz CT molecular complexity index is 618. The number of hydrogen-bond acceptors (Lipinski definition) is 5. The summed E-state index contributed by atoms with van der Waals surface area (Å²) in [5, 5.41) is 10.4. The number of methoxy groups -OCH3 is 1. The van der Waals surface area contributed by atoms with Crippen molar-refractivity contribution in [3.8, 4) is 5.75 Å². The number of aliphatic hydroxyl groups excluding tert-OH is 1. The van der Waals surface area contributed by atoms with Crippen molar-refractivity contribution in [1.29, 1.82) is 0 Å². The minimum Gasteiger partial charge on any atom is -0.495 e. The van der Waals surface area contributed by atoms with Crippen LogP contribution in [0, 0.1) is 17.8 Å². The van der Waals surface area contributed by atoms with Gasteiger partial charge in [0.25, 0.3) is 0 Å². The van der Waals surface area contributed by atoms with Gasteiger partial charge in [-0.1, -0.05) is 18.6 Å². The van der Waals surface area contributed by atoms with Gasteiger partial charge in [0, 0.05) is 39.3 Å². The minimum atomic E-state index is -0.391. The molecule has 3 fully saturated rings. The lowest BCUT2D eigenvalue weighted by molar-refractivity contribution is 0.0100. The van der Waals surface area contributed by atoms with Crippen molar-refractivity contribution in [3.05, 3.63) is 24.3 Å². The normalized spacial score (nSPS) is 28.6. The van der Waals surface area contributed by atoms with Gasteiger partial charge in [0.2, 0.25) is 0 Å². The molecule has 1 N–H and O–H groups in total. The lowest BCUT2D eigenvalue weighted by Gasteiger charge is -2.37. The molecule has 0 unspecified atom stereocenters. The maximum absolute atomic E-state index is 10.4. The Labute approximate surface area is 169 Å². The Morgan fingerprint density at radius 3 is 2.64 bits per heavy atom. The minimum absolute atomic E-state index is 0.391. The predicted octanol–water partition coefficient (Wildman–Crippen LogP) is 3.02. The fourth-order valence-corrected chi connectivity index (χ4v) is 5.60. The van der Waals surface area contributed by atoms with Crippen LogP contribution in [-0.4, -0.2) is 69.2 Å². The number of para-hydroxylation sites is 2. The lowest BCUT2D eigenvalue weighted by Crippen LogP contribution is -2.49. The number of anilines is 1. The molecular formula is C23H36N2O3. The molecule has 2 aliphatic carbocycles. The Morgan fingerprint density at radius 2 is 1.93 bits per heavy atom. The van der Waals surface area contributed by atoms with E-state index in [9.17, 15) is 5.11 Å². The van der Waals surface area contributed by atoms with Crippen molar-refractivity contribution >= 4 is 5.69 Å². The van der Waals surface area contributed by atoms with Crippen LogP contribution in [0.25, 0.3) is 0 Å². The van der Waals surface area contributed by atoms with Crippen molar-refractivity contribution < 1.29 is 14.6 Å². The first-order chi connectivity index (χ1) is 13.7. The van der Waals surface area contributed by atoms with Gasteiger partial charge in [-0.05, 0) is 55.6 Å².